The van der Waals surface area contributed by atoms with E-state index >= 15 is 0 Å². The Labute approximate surface area is 87.6 Å². The molecule has 0 radical (unpaired) electrons. The summed E-state index contributed by atoms with van der Waals surface area (Å²) in [5.74, 6) is 0. The maximum atomic E-state index is 4.13. The Morgan fingerprint density at radius 2 is 2.23 bits per heavy atom. The number of hydrogen-bond donors (Lipinski definition) is 0. The molecule has 0 amide bonds. The van der Waals surface area contributed by atoms with E-state index in [0.717, 1.165) is 12.1 Å². The van der Waals surface area contributed by atoms with E-state index in [2.05, 4.69) is 47.0 Å². The lowest BCUT2D eigenvalue weighted by atomic mass is 9.85. The van der Waals surface area contributed by atoms with Crippen molar-refractivity contribution < 1.29 is 0 Å². The third kappa shape index (κ3) is 2.79. The van der Waals surface area contributed by atoms with Gasteiger partial charge in [0.05, 0.1) is 5.69 Å². The highest BCUT2D eigenvalue weighted by molar-refractivity contribution is 9.09. The predicted molar refractivity (Wildman–Crippen MR) is 57.0 cm³/mol. The van der Waals surface area contributed by atoms with Crippen LogP contribution in [0, 0.1) is 0 Å². The van der Waals surface area contributed by atoms with Crippen molar-refractivity contribution in [3.8, 4) is 0 Å². The van der Waals surface area contributed by atoms with Crippen LogP contribution < -0.4 is 0 Å². The monoisotopic (exact) mass is 245 g/mol. The first-order valence-electron chi connectivity index (χ1n) is 4.43. The zero-order valence-corrected chi connectivity index (χ0v) is 10.2. The highest BCUT2D eigenvalue weighted by Crippen LogP contribution is 2.28. The summed E-state index contributed by atoms with van der Waals surface area (Å²) in [5, 5.41) is 8.07. The topological polar surface area (TPSA) is 30.7 Å². The van der Waals surface area contributed by atoms with Crippen LogP contribution in [-0.2, 0) is 12.5 Å². The summed E-state index contributed by atoms with van der Waals surface area (Å²) < 4.78 is 1.75. The molecule has 0 saturated heterocycles. The minimum absolute atomic E-state index is 0.0944. The number of hydrogen-bond acceptors (Lipinski definition) is 2. The van der Waals surface area contributed by atoms with Gasteiger partial charge in [0.15, 0.2) is 0 Å². The summed E-state index contributed by atoms with van der Waals surface area (Å²) >= 11 is 3.56. The van der Waals surface area contributed by atoms with Crippen molar-refractivity contribution in [1.29, 1.82) is 0 Å². The number of rotatable bonds is 3. The molecule has 0 fully saturated rings. The second-order valence-corrected chi connectivity index (χ2v) is 5.71. The van der Waals surface area contributed by atoms with Crippen LogP contribution in [0.5, 0.6) is 0 Å². The van der Waals surface area contributed by atoms with Crippen molar-refractivity contribution in [2.24, 2.45) is 7.05 Å². The fraction of sp³-hybridized carbons (Fsp3) is 0.778. The van der Waals surface area contributed by atoms with Gasteiger partial charge in [0.2, 0.25) is 0 Å². The Hall–Kier alpha value is -0.380. The third-order valence-corrected chi connectivity index (χ3v) is 2.41. The minimum Gasteiger partial charge on any atom is -0.255 e. The quantitative estimate of drug-likeness (QED) is 0.766. The normalized spacial score (nSPS) is 14.5. The first-order valence-corrected chi connectivity index (χ1v) is 5.34. The fourth-order valence-corrected chi connectivity index (χ4v) is 2.27. The van der Waals surface area contributed by atoms with E-state index < -0.39 is 0 Å². The molecule has 0 aliphatic rings. The highest BCUT2D eigenvalue weighted by atomic mass is 79.9. The molecule has 0 spiro atoms. The summed E-state index contributed by atoms with van der Waals surface area (Å²) in [6, 6.07) is 0. The van der Waals surface area contributed by atoms with E-state index in [-0.39, 0.29) is 5.41 Å². The SMILES string of the molecule is CC(Br)CC(C)(C)c1cn(C)nn1. The molecule has 0 aliphatic heterocycles. The van der Waals surface area contributed by atoms with Crippen LogP contribution in [0.4, 0.5) is 0 Å². The van der Waals surface area contributed by atoms with Gasteiger partial charge in [0.1, 0.15) is 0 Å². The molecule has 3 nitrogen and oxygen atoms in total. The van der Waals surface area contributed by atoms with Gasteiger partial charge in [-0.3, -0.25) is 4.68 Å². The van der Waals surface area contributed by atoms with Gasteiger partial charge in [0, 0.05) is 23.5 Å². The Balaban J connectivity index is 2.80. The fourth-order valence-electron chi connectivity index (χ4n) is 1.47. The third-order valence-electron chi connectivity index (χ3n) is 2.09. The van der Waals surface area contributed by atoms with E-state index in [0.29, 0.717) is 4.83 Å². The molecule has 13 heavy (non-hydrogen) atoms. The molecule has 0 N–H and O–H groups in total. The van der Waals surface area contributed by atoms with Crippen LogP contribution in [0.15, 0.2) is 6.20 Å². The summed E-state index contributed by atoms with van der Waals surface area (Å²) in [7, 11) is 1.89. The van der Waals surface area contributed by atoms with E-state index in [4.69, 9.17) is 0 Å². The smallest absolute Gasteiger partial charge is 0.0883 e. The first-order chi connectivity index (χ1) is 5.92. The second kappa shape index (κ2) is 3.78. The zero-order valence-electron chi connectivity index (χ0n) is 8.58. The maximum Gasteiger partial charge on any atom is 0.0883 e. The van der Waals surface area contributed by atoms with Gasteiger partial charge in [-0.05, 0) is 6.42 Å². The van der Waals surface area contributed by atoms with Crippen LogP contribution >= 0.6 is 15.9 Å². The minimum atomic E-state index is 0.0944. The number of alkyl halides is 1. The molecular weight excluding hydrogens is 230 g/mol. The lowest BCUT2D eigenvalue weighted by molar-refractivity contribution is 0.467. The molecule has 1 unspecified atom stereocenters. The maximum absolute atomic E-state index is 4.13. The molecule has 1 aromatic rings. The van der Waals surface area contributed by atoms with Crippen molar-refractivity contribution in [1.82, 2.24) is 15.0 Å². The molecule has 0 aromatic carbocycles. The van der Waals surface area contributed by atoms with Gasteiger partial charge < -0.3 is 0 Å². The summed E-state index contributed by atoms with van der Waals surface area (Å²) in [5.41, 5.74) is 1.15. The molecule has 0 saturated carbocycles. The molecule has 0 bridgehead atoms. The summed E-state index contributed by atoms with van der Waals surface area (Å²) in [6.45, 7) is 6.53. The largest absolute Gasteiger partial charge is 0.255 e. The average molecular weight is 246 g/mol. The van der Waals surface area contributed by atoms with Crippen molar-refractivity contribution >= 4 is 15.9 Å². The Bertz CT molecular complexity index is 278. The first kappa shape index (κ1) is 10.7. The van der Waals surface area contributed by atoms with E-state index in [1.807, 2.05) is 13.2 Å². The molecule has 4 heteroatoms. The van der Waals surface area contributed by atoms with Crippen LogP contribution in [0.25, 0.3) is 0 Å². The molecule has 1 aromatic heterocycles. The van der Waals surface area contributed by atoms with Crippen molar-refractivity contribution in [3.05, 3.63) is 11.9 Å². The van der Waals surface area contributed by atoms with Crippen molar-refractivity contribution in [3.63, 3.8) is 0 Å². The Morgan fingerprint density at radius 3 is 2.62 bits per heavy atom. The van der Waals surface area contributed by atoms with E-state index in [9.17, 15) is 0 Å². The molecule has 1 heterocycles. The van der Waals surface area contributed by atoms with Gasteiger partial charge >= 0.3 is 0 Å². The summed E-state index contributed by atoms with van der Waals surface area (Å²) in [6.07, 6.45) is 3.04. The molecule has 74 valence electrons. The van der Waals surface area contributed by atoms with Gasteiger partial charge in [0.25, 0.3) is 0 Å². The lowest BCUT2D eigenvalue weighted by Gasteiger charge is -2.22. The highest BCUT2D eigenvalue weighted by Gasteiger charge is 2.25. The van der Waals surface area contributed by atoms with E-state index in [1.165, 1.54) is 0 Å². The zero-order chi connectivity index (χ0) is 10.1. The lowest BCUT2D eigenvalue weighted by Crippen LogP contribution is -2.21. The summed E-state index contributed by atoms with van der Waals surface area (Å²) in [4.78, 5) is 0.504. The van der Waals surface area contributed by atoms with E-state index in [1.54, 1.807) is 4.68 Å². The standard InChI is InChI=1S/C9H16BrN3/c1-7(10)5-9(2,3)8-6-13(4)12-11-8/h6-7H,5H2,1-4H3. The van der Waals surface area contributed by atoms with Crippen LogP contribution in [0.3, 0.4) is 0 Å². The van der Waals surface area contributed by atoms with Gasteiger partial charge in [-0.2, -0.15) is 0 Å². The number of aryl methyl sites for hydroxylation is 1. The second-order valence-electron chi connectivity index (χ2n) is 4.15. The number of aromatic nitrogens is 3. The van der Waals surface area contributed by atoms with Crippen LogP contribution in [-0.4, -0.2) is 19.8 Å². The number of halogens is 1. The van der Waals surface area contributed by atoms with Crippen molar-refractivity contribution in [2.45, 2.75) is 37.4 Å². The Kier molecular flexibility index (Phi) is 3.11. The Morgan fingerprint density at radius 1 is 1.62 bits per heavy atom. The van der Waals surface area contributed by atoms with Crippen molar-refractivity contribution in [2.75, 3.05) is 0 Å². The van der Waals surface area contributed by atoms with Crippen LogP contribution in [0.2, 0.25) is 0 Å². The van der Waals surface area contributed by atoms with Gasteiger partial charge in [-0.25, -0.2) is 0 Å². The average Bonchev–Trinajstić information content (AvgIpc) is 2.32. The number of nitrogens with zero attached hydrogens (tertiary/aromatic N) is 3. The van der Waals surface area contributed by atoms with Gasteiger partial charge in [-0.15, -0.1) is 5.10 Å². The molecule has 1 atom stereocenters. The van der Waals surface area contributed by atoms with Gasteiger partial charge in [-0.1, -0.05) is 41.9 Å². The molecule has 1 rings (SSSR count). The van der Waals surface area contributed by atoms with Crippen LogP contribution in [0.1, 0.15) is 32.9 Å². The molecule has 0 aliphatic carbocycles. The predicted octanol–water partition coefficient (Wildman–Crippen LogP) is 2.27. The molecular formula is C9H16BrN3.